The van der Waals surface area contributed by atoms with Crippen molar-refractivity contribution < 1.29 is 9.84 Å². The van der Waals surface area contributed by atoms with Crippen molar-refractivity contribution in [1.29, 1.82) is 0 Å². The summed E-state index contributed by atoms with van der Waals surface area (Å²) < 4.78 is 6.47. The number of aromatic nitrogens is 2. The number of halogens is 1. The molecule has 0 radical (unpaired) electrons. The van der Waals surface area contributed by atoms with Crippen LogP contribution < -0.4 is 15.8 Å². The molecule has 146 valence electrons. The molecule has 0 fully saturated rings. The normalized spacial score (nSPS) is 10.8. The molecule has 1 aromatic heterocycles. The van der Waals surface area contributed by atoms with E-state index in [1.54, 1.807) is 6.07 Å². The highest BCUT2D eigenvalue weighted by Crippen LogP contribution is 2.34. The molecule has 0 aliphatic carbocycles. The number of phenolic OH excluding ortho intramolecular Hbond substituents is 1. The second kappa shape index (κ2) is 7.97. The van der Waals surface area contributed by atoms with Crippen LogP contribution in [0.3, 0.4) is 0 Å². The van der Waals surface area contributed by atoms with Crippen LogP contribution in [0.4, 0.5) is 17.5 Å². The van der Waals surface area contributed by atoms with Crippen LogP contribution in [0, 0.1) is 0 Å². The third-order valence-electron chi connectivity index (χ3n) is 4.39. The van der Waals surface area contributed by atoms with Crippen LogP contribution >= 0.6 is 15.9 Å². The van der Waals surface area contributed by atoms with Crippen molar-refractivity contribution in [1.82, 2.24) is 9.97 Å². The summed E-state index contributed by atoms with van der Waals surface area (Å²) in [6.45, 7) is 2.35. The molecule has 6 nitrogen and oxygen atoms in total. The lowest BCUT2D eigenvalue weighted by Crippen LogP contribution is -2.01. The van der Waals surface area contributed by atoms with Crippen molar-refractivity contribution in [3.63, 3.8) is 0 Å². The largest absolute Gasteiger partial charge is 0.504 e. The van der Waals surface area contributed by atoms with Crippen LogP contribution in [-0.2, 0) is 0 Å². The minimum atomic E-state index is 0.115. The summed E-state index contributed by atoms with van der Waals surface area (Å²) in [6, 6.07) is 19.0. The van der Waals surface area contributed by atoms with Crippen LogP contribution in [0.25, 0.3) is 22.0 Å². The highest BCUT2D eigenvalue weighted by atomic mass is 79.9. The Labute approximate surface area is 176 Å². The van der Waals surface area contributed by atoms with Crippen molar-refractivity contribution in [2.75, 3.05) is 17.7 Å². The highest BCUT2D eigenvalue weighted by Gasteiger charge is 2.11. The van der Waals surface area contributed by atoms with Crippen molar-refractivity contribution in [3.8, 4) is 22.6 Å². The summed E-state index contributed by atoms with van der Waals surface area (Å²) >= 11 is 3.48. The van der Waals surface area contributed by atoms with Gasteiger partial charge in [0.1, 0.15) is 5.82 Å². The number of aromatic hydroxyl groups is 1. The van der Waals surface area contributed by atoms with Gasteiger partial charge in [0.25, 0.3) is 0 Å². The molecule has 0 amide bonds. The van der Waals surface area contributed by atoms with Gasteiger partial charge in [0, 0.05) is 15.5 Å². The molecular weight excluding hydrogens is 432 g/mol. The highest BCUT2D eigenvalue weighted by molar-refractivity contribution is 9.10. The van der Waals surface area contributed by atoms with E-state index in [0.717, 1.165) is 32.2 Å². The summed E-state index contributed by atoms with van der Waals surface area (Å²) in [5.41, 5.74) is 9.40. The monoisotopic (exact) mass is 450 g/mol. The zero-order valence-electron chi connectivity index (χ0n) is 15.7. The maximum atomic E-state index is 9.97. The van der Waals surface area contributed by atoms with Crippen molar-refractivity contribution in [2.45, 2.75) is 6.92 Å². The van der Waals surface area contributed by atoms with E-state index >= 15 is 0 Å². The molecule has 4 N–H and O–H groups in total. The molecular formula is C22H19BrN4O2. The number of nitrogen functional groups attached to an aromatic ring is 1. The molecule has 0 spiro atoms. The van der Waals surface area contributed by atoms with Gasteiger partial charge in [-0.05, 0) is 60.5 Å². The molecule has 0 saturated heterocycles. The minimum Gasteiger partial charge on any atom is -0.504 e. The van der Waals surface area contributed by atoms with Gasteiger partial charge in [-0.25, -0.2) is 4.98 Å². The first kappa shape index (κ1) is 19.0. The fourth-order valence-corrected chi connectivity index (χ4v) is 3.49. The lowest BCUT2D eigenvalue weighted by atomic mass is 10.0. The first-order valence-corrected chi connectivity index (χ1v) is 9.89. The van der Waals surface area contributed by atoms with Crippen LogP contribution in [0.15, 0.2) is 65.1 Å². The number of ether oxygens (including phenoxy) is 1. The Morgan fingerprint density at radius 1 is 1.03 bits per heavy atom. The van der Waals surface area contributed by atoms with Gasteiger partial charge in [-0.1, -0.05) is 34.1 Å². The summed E-state index contributed by atoms with van der Waals surface area (Å²) in [5, 5.41) is 14.1. The SMILES string of the molecule is CCOc1cc(-c2ccc3nc(N)nc(Nc4cccc(Br)c4)c3c2)ccc1O. The molecule has 4 aromatic rings. The lowest BCUT2D eigenvalue weighted by Gasteiger charge is -2.12. The van der Waals surface area contributed by atoms with Crippen LogP contribution in [-0.4, -0.2) is 21.7 Å². The van der Waals surface area contributed by atoms with Gasteiger partial charge in [-0.3, -0.25) is 0 Å². The fraction of sp³-hybridized carbons (Fsp3) is 0.0909. The Hall–Kier alpha value is -3.32. The number of rotatable bonds is 5. The summed E-state index contributed by atoms with van der Waals surface area (Å²) in [6.07, 6.45) is 0. The van der Waals surface area contributed by atoms with Crippen LogP contribution in [0.2, 0.25) is 0 Å². The second-order valence-corrected chi connectivity index (χ2v) is 7.33. The molecule has 0 aliphatic rings. The standard InChI is InChI=1S/C22H19BrN4O2/c1-2-29-20-11-14(7-9-19(20)28)13-6-8-18-17(10-13)21(27-22(24)26-18)25-16-5-3-4-15(23)12-16/h3-12,28H,2H2,1H3,(H3,24,25,26,27). The number of hydrogen-bond acceptors (Lipinski definition) is 6. The van der Waals surface area contributed by atoms with Gasteiger partial charge in [0.05, 0.1) is 12.1 Å². The Kier molecular flexibility index (Phi) is 5.22. The quantitative estimate of drug-likeness (QED) is 0.372. The van der Waals surface area contributed by atoms with E-state index in [2.05, 4.69) is 31.2 Å². The number of nitrogens with two attached hydrogens (primary N) is 1. The van der Waals surface area contributed by atoms with E-state index in [0.29, 0.717) is 18.2 Å². The molecule has 0 atom stereocenters. The van der Waals surface area contributed by atoms with E-state index in [9.17, 15) is 5.11 Å². The van der Waals surface area contributed by atoms with E-state index in [4.69, 9.17) is 10.5 Å². The predicted octanol–water partition coefficient (Wildman–Crippen LogP) is 5.49. The van der Waals surface area contributed by atoms with E-state index < -0.39 is 0 Å². The van der Waals surface area contributed by atoms with Crippen LogP contribution in [0.5, 0.6) is 11.5 Å². The van der Waals surface area contributed by atoms with E-state index in [1.807, 2.05) is 61.5 Å². The Bertz CT molecular complexity index is 1200. The molecule has 3 aromatic carbocycles. The average Bonchev–Trinajstić information content (AvgIpc) is 2.69. The molecule has 0 saturated carbocycles. The fourth-order valence-electron chi connectivity index (χ4n) is 3.09. The molecule has 0 bridgehead atoms. The van der Waals surface area contributed by atoms with Gasteiger partial charge >= 0.3 is 0 Å². The zero-order chi connectivity index (χ0) is 20.4. The average molecular weight is 451 g/mol. The smallest absolute Gasteiger partial charge is 0.222 e. The second-order valence-electron chi connectivity index (χ2n) is 6.41. The molecule has 7 heteroatoms. The topological polar surface area (TPSA) is 93.3 Å². The first-order valence-electron chi connectivity index (χ1n) is 9.09. The third kappa shape index (κ3) is 4.09. The predicted molar refractivity (Wildman–Crippen MR) is 120 cm³/mol. The number of fused-ring (bicyclic) bond motifs is 1. The number of anilines is 3. The summed E-state index contributed by atoms with van der Waals surface area (Å²) in [5.74, 6) is 1.39. The van der Waals surface area contributed by atoms with Crippen molar-refractivity contribution >= 4 is 44.3 Å². The minimum absolute atomic E-state index is 0.115. The van der Waals surface area contributed by atoms with E-state index in [-0.39, 0.29) is 11.7 Å². The van der Waals surface area contributed by atoms with Gasteiger partial charge < -0.3 is 20.9 Å². The molecule has 4 rings (SSSR count). The Morgan fingerprint density at radius 2 is 1.83 bits per heavy atom. The molecule has 0 aliphatic heterocycles. The molecule has 29 heavy (non-hydrogen) atoms. The lowest BCUT2D eigenvalue weighted by molar-refractivity contribution is 0.318. The van der Waals surface area contributed by atoms with Crippen molar-refractivity contribution in [3.05, 3.63) is 65.1 Å². The number of nitrogens with zero attached hydrogens (tertiary/aromatic N) is 2. The zero-order valence-corrected chi connectivity index (χ0v) is 17.3. The Morgan fingerprint density at radius 3 is 2.62 bits per heavy atom. The summed E-state index contributed by atoms with van der Waals surface area (Å²) in [4.78, 5) is 8.74. The summed E-state index contributed by atoms with van der Waals surface area (Å²) in [7, 11) is 0. The maximum absolute atomic E-state index is 9.97. The number of nitrogens with one attached hydrogen (secondary N) is 1. The van der Waals surface area contributed by atoms with Gasteiger partial charge in [-0.15, -0.1) is 0 Å². The van der Waals surface area contributed by atoms with Gasteiger partial charge in [0.15, 0.2) is 11.5 Å². The maximum Gasteiger partial charge on any atom is 0.222 e. The first-order chi connectivity index (χ1) is 14.0. The third-order valence-corrected chi connectivity index (χ3v) is 4.89. The van der Waals surface area contributed by atoms with Gasteiger partial charge in [0.2, 0.25) is 5.95 Å². The van der Waals surface area contributed by atoms with Crippen LogP contribution in [0.1, 0.15) is 6.92 Å². The number of benzene rings is 3. The number of phenols is 1. The molecule has 0 unspecified atom stereocenters. The molecule has 1 heterocycles. The van der Waals surface area contributed by atoms with E-state index in [1.165, 1.54) is 0 Å². The van der Waals surface area contributed by atoms with Crippen molar-refractivity contribution in [2.24, 2.45) is 0 Å². The number of hydrogen-bond donors (Lipinski definition) is 3. The van der Waals surface area contributed by atoms with Gasteiger partial charge in [-0.2, -0.15) is 4.98 Å². The Balaban J connectivity index is 1.80.